The fourth-order valence-corrected chi connectivity index (χ4v) is 5.97. The van der Waals surface area contributed by atoms with Crippen molar-refractivity contribution in [3.8, 4) is 0 Å². The van der Waals surface area contributed by atoms with E-state index in [1.54, 1.807) is 13.8 Å². The average Bonchev–Trinajstić information content (AvgIpc) is 2.40. The highest BCUT2D eigenvalue weighted by molar-refractivity contribution is 7.47. The number of phosphoric ester groups is 1. The molecule has 29 heavy (non-hydrogen) atoms. The molecule has 3 N–H and O–H groups in total. The van der Waals surface area contributed by atoms with Gasteiger partial charge >= 0.3 is 7.82 Å². The SMILES string of the molecule is CC(C)(C)CC(C)(C)C(=O)N1CCC(OP(=O)(O)OC(C)(C)CC(C)(C)N)CC1. The van der Waals surface area contributed by atoms with Crippen LogP contribution in [0.15, 0.2) is 0 Å². The molecular weight excluding hydrogens is 391 g/mol. The van der Waals surface area contributed by atoms with E-state index in [0.717, 1.165) is 6.42 Å². The lowest BCUT2D eigenvalue weighted by Gasteiger charge is -2.39. The Morgan fingerprint density at radius 2 is 1.52 bits per heavy atom. The second-order valence-electron chi connectivity index (χ2n) is 11.7. The predicted octanol–water partition coefficient (Wildman–Crippen LogP) is 4.48. The molecule has 8 heteroatoms. The number of carbonyl (C=O) groups excluding carboxylic acids is 1. The predicted molar refractivity (Wildman–Crippen MR) is 116 cm³/mol. The molecule has 1 amide bonds. The van der Waals surface area contributed by atoms with Gasteiger partial charge in [-0.25, -0.2) is 4.57 Å². The second-order valence-corrected chi connectivity index (χ2v) is 13.0. The van der Waals surface area contributed by atoms with Crippen molar-refractivity contribution >= 4 is 13.7 Å². The molecular formula is C21H43N2O5P. The van der Waals surface area contributed by atoms with E-state index in [1.165, 1.54) is 0 Å². The maximum Gasteiger partial charge on any atom is 0.472 e. The zero-order valence-corrected chi connectivity index (χ0v) is 20.8. The third kappa shape index (κ3) is 9.93. The highest BCUT2D eigenvalue weighted by Gasteiger charge is 2.40. The van der Waals surface area contributed by atoms with Crippen LogP contribution in [-0.4, -0.2) is 46.0 Å². The molecule has 1 unspecified atom stereocenters. The third-order valence-electron chi connectivity index (χ3n) is 4.81. The van der Waals surface area contributed by atoms with Gasteiger partial charge in [-0.05, 0) is 58.8 Å². The van der Waals surface area contributed by atoms with Gasteiger partial charge in [-0.15, -0.1) is 0 Å². The molecule has 0 aromatic heterocycles. The molecule has 0 aliphatic carbocycles. The Bertz CT molecular complexity index is 612. The van der Waals surface area contributed by atoms with Crippen LogP contribution >= 0.6 is 7.82 Å². The first-order chi connectivity index (χ1) is 12.7. The molecule has 0 bridgehead atoms. The molecule has 1 rings (SSSR count). The fourth-order valence-electron chi connectivity index (χ4n) is 4.65. The molecule has 0 aromatic carbocycles. The number of amides is 1. The molecule has 172 valence electrons. The fraction of sp³-hybridized carbons (Fsp3) is 0.952. The summed E-state index contributed by atoms with van der Waals surface area (Å²) in [6.07, 6.45) is 1.80. The Balaban J connectivity index is 2.62. The van der Waals surface area contributed by atoms with Crippen LogP contribution in [0.1, 0.15) is 88.0 Å². The Morgan fingerprint density at radius 3 is 1.93 bits per heavy atom. The minimum Gasteiger partial charge on any atom is -0.342 e. The van der Waals surface area contributed by atoms with Gasteiger partial charge in [-0.2, -0.15) is 0 Å². The van der Waals surface area contributed by atoms with Crippen LogP contribution in [-0.2, 0) is 18.4 Å². The molecule has 1 atom stereocenters. The Labute approximate surface area is 177 Å². The van der Waals surface area contributed by atoms with E-state index in [9.17, 15) is 14.3 Å². The van der Waals surface area contributed by atoms with Crippen LogP contribution in [0, 0.1) is 10.8 Å². The van der Waals surface area contributed by atoms with E-state index >= 15 is 0 Å². The molecule has 0 spiro atoms. The number of phosphoric acid groups is 1. The van der Waals surface area contributed by atoms with Gasteiger partial charge in [0.15, 0.2) is 0 Å². The Hall–Kier alpha value is -0.460. The van der Waals surface area contributed by atoms with Crippen molar-refractivity contribution in [2.45, 2.75) is 105 Å². The smallest absolute Gasteiger partial charge is 0.342 e. The summed E-state index contributed by atoms with van der Waals surface area (Å²) in [5.41, 5.74) is 4.20. The summed E-state index contributed by atoms with van der Waals surface area (Å²) in [5.74, 6) is 0.126. The molecule has 0 saturated carbocycles. The molecule has 1 aliphatic heterocycles. The second kappa shape index (κ2) is 8.96. The van der Waals surface area contributed by atoms with E-state index in [-0.39, 0.29) is 11.3 Å². The van der Waals surface area contributed by atoms with Gasteiger partial charge in [-0.1, -0.05) is 34.6 Å². The Kier molecular flexibility index (Phi) is 8.21. The summed E-state index contributed by atoms with van der Waals surface area (Å²) in [6.45, 7) is 18.5. The topological polar surface area (TPSA) is 102 Å². The molecule has 7 nitrogen and oxygen atoms in total. The van der Waals surface area contributed by atoms with Crippen molar-refractivity contribution in [1.29, 1.82) is 0 Å². The zero-order valence-electron chi connectivity index (χ0n) is 19.9. The minimum atomic E-state index is -4.23. The lowest BCUT2D eigenvalue weighted by Crippen LogP contribution is -2.47. The first kappa shape index (κ1) is 26.6. The first-order valence-electron chi connectivity index (χ1n) is 10.5. The molecule has 0 radical (unpaired) electrons. The summed E-state index contributed by atoms with van der Waals surface area (Å²) in [6, 6.07) is 0. The van der Waals surface area contributed by atoms with E-state index < -0.39 is 30.5 Å². The highest BCUT2D eigenvalue weighted by Crippen LogP contribution is 2.50. The van der Waals surface area contributed by atoms with Crippen molar-refractivity contribution in [2.75, 3.05) is 13.1 Å². The molecule has 1 saturated heterocycles. The molecule has 1 aliphatic rings. The zero-order chi connectivity index (χ0) is 22.9. The van der Waals surface area contributed by atoms with Crippen molar-refractivity contribution in [3.05, 3.63) is 0 Å². The van der Waals surface area contributed by atoms with Gasteiger partial charge in [0.2, 0.25) is 5.91 Å². The number of nitrogens with zero attached hydrogens (tertiary/aromatic N) is 1. The summed E-state index contributed by atoms with van der Waals surface area (Å²) < 4.78 is 23.4. The molecule has 0 aromatic rings. The van der Waals surface area contributed by atoms with Crippen LogP contribution in [0.2, 0.25) is 0 Å². The number of nitrogens with two attached hydrogens (primary N) is 1. The highest BCUT2D eigenvalue weighted by atomic mass is 31.2. The summed E-state index contributed by atoms with van der Waals surface area (Å²) >= 11 is 0. The number of piperidine rings is 1. The Morgan fingerprint density at radius 1 is 1.03 bits per heavy atom. The monoisotopic (exact) mass is 434 g/mol. The van der Waals surface area contributed by atoms with Gasteiger partial charge in [0, 0.05) is 24.0 Å². The molecule has 1 fully saturated rings. The van der Waals surface area contributed by atoms with Crippen molar-refractivity contribution in [2.24, 2.45) is 16.6 Å². The number of carbonyl (C=O) groups is 1. The van der Waals surface area contributed by atoms with E-state index in [2.05, 4.69) is 20.8 Å². The third-order valence-corrected chi connectivity index (χ3v) is 6.10. The van der Waals surface area contributed by atoms with Gasteiger partial charge in [-0.3, -0.25) is 13.8 Å². The van der Waals surface area contributed by atoms with E-state index in [0.29, 0.717) is 32.4 Å². The van der Waals surface area contributed by atoms with Crippen molar-refractivity contribution in [1.82, 2.24) is 4.90 Å². The minimum absolute atomic E-state index is 0.0619. The van der Waals surface area contributed by atoms with Crippen LogP contribution in [0.5, 0.6) is 0 Å². The average molecular weight is 435 g/mol. The van der Waals surface area contributed by atoms with Gasteiger partial charge < -0.3 is 15.5 Å². The van der Waals surface area contributed by atoms with Gasteiger partial charge in [0.25, 0.3) is 0 Å². The van der Waals surface area contributed by atoms with Crippen LogP contribution < -0.4 is 5.73 Å². The quantitative estimate of drug-likeness (QED) is 0.546. The summed E-state index contributed by atoms with van der Waals surface area (Å²) in [7, 11) is -4.23. The number of hydrogen-bond acceptors (Lipinski definition) is 5. The number of hydrogen-bond donors (Lipinski definition) is 2. The molecule has 1 heterocycles. The number of rotatable bonds is 8. The van der Waals surface area contributed by atoms with Crippen molar-refractivity contribution in [3.63, 3.8) is 0 Å². The standard InChI is InChI=1S/C21H43N2O5P/c1-18(2,3)14-19(4,5)17(24)23-12-10-16(11-13-23)27-29(25,26)28-21(8,9)15-20(6,7)22/h16H,10-15,22H2,1-9H3,(H,25,26). The van der Waals surface area contributed by atoms with E-state index in [1.807, 2.05) is 32.6 Å². The van der Waals surface area contributed by atoms with Crippen LogP contribution in [0.3, 0.4) is 0 Å². The maximum atomic E-state index is 13.0. The van der Waals surface area contributed by atoms with Gasteiger partial charge in [0.1, 0.15) is 0 Å². The first-order valence-corrected chi connectivity index (χ1v) is 12.0. The van der Waals surface area contributed by atoms with Crippen molar-refractivity contribution < 1.29 is 23.3 Å². The van der Waals surface area contributed by atoms with Crippen LogP contribution in [0.25, 0.3) is 0 Å². The summed E-state index contributed by atoms with van der Waals surface area (Å²) in [5, 5.41) is 0. The maximum absolute atomic E-state index is 13.0. The summed E-state index contributed by atoms with van der Waals surface area (Å²) in [4.78, 5) is 25.0. The number of likely N-dealkylation sites (tertiary alicyclic amines) is 1. The largest absolute Gasteiger partial charge is 0.472 e. The lowest BCUT2D eigenvalue weighted by molar-refractivity contribution is -0.144. The van der Waals surface area contributed by atoms with Crippen LogP contribution in [0.4, 0.5) is 0 Å². The van der Waals surface area contributed by atoms with Gasteiger partial charge in [0.05, 0.1) is 11.7 Å². The normalized spacial score (nSPS) is 19.9. The lowest BCUT2D eigenvalue weighted by atomic mass is 9.75. The van der Waals surface area contributed by atoms with E-state index in [4.69, 9.17) is 14.8 Å².